The van der Waals surface area contributed by atoms with Crippen molar-refractivity contribution in [1.29, 1.82) is 0 Å². The van der Waals surface area contributed by atoms with Gasteiger partial charge in [0, 0.05) is 13.7 Å². The Hall–Kier alpha value is -1.39. The molecule has 1 amide bonds. The van der Waals surface area contributed by atoms with Crippen molar-refractivity contribution in [2.45, 2.75) is 19.4 Å². The van der Waals surface area contributed by atoms with Crippen LogP contribution in [-0.4, -0.2) is 32.2 Å². The van der Waals surface area contributed by atoms with E-state index in [1.807, 2.05) is 31.2 Å². The number of benzene rings is 1. The Morgan fingerprint density at radius 2 is 2.29 bits per heavy atom. The molecule has 4 nitrogen and oxygen atoms in total. The van der Waals surface area contributed by atoms with Crippen LogP contribution in [-0.2, 0) is 16.0 Å². The second-order valence-corrected chi connectivity index (χ2v) is 4.12. The molecule has 0 aliphatic heterocycles. The zero-order valence-corrected chi connectivity index (χ0v) is 10.4. The van der Waals surface area contributed by atoms with E-state index in [-0.39, 0.29) is 11.9 Å². The lowest BCUT2D eigenvalue weighted by Crippen LogP contribution is -2.43. The molecule has 1 aromatic carbocycles. The SMILES string of the molecule is COCC(CN)NC(=O)Cc1cccc(C)c1. The summed E-state index contributed by atoms with van der Waals surface area (Å²) in [6, 6.07) is 7.80. The second-order valence-electron chi connectivity index (χ2n) is 4.12. The first-order chi connectivity index (χ1) is 8.15. The summed E-state index contributed by atoms with van der Waals surface area (Å²) in [5.41, 5.74) is 7.69. The molecule has 0 heterocycles. The minimum absolute atomic E-state index is 0.0249. The van der Waals surface area contributed by atoms with Crippen LogP contribution in [0.5, 0.6) is 0 Å². The summed E-state index contributed by atoms with van der Waals surface area (Å²) in [5, 5.41) is 2.85. The van der Waals surface area contributed by atoms with Gasteiger partial charge in [-0.15, -0.1) is 0 Å². The van der Waals surface area contributed by atoms with Crippen LogP contribution in [0.25, 0.3) is 0 Å². The number of hydrogen-bond donors (Lipinski definition) is 2. The normalized spacial score (nSPS) is 12.2. The lowest BCUT2D eigenvalue weighted by molar-refractivity contribution is -0.121. The zero-order valence-electron chi connectivity index (χ0n) is 10.4. The molecule has 3 N–H and O–H groups in total. The van der Waals surface area contributed by atoms with Crippen LogP contribution in [0.4, 0.5) is 0 Å². The molecule has 0 aliphatic carbocycles. The number of nitrogens with one attached hydrogen (secondary N) is 1. The molecule has 0 fully saturated rings. The third-order valence-electron chi connectivity index (χ3n) is 2.46. The molecule has 0 bridgehead atoms. The maximum atomic E-state index is 11.7. The van der Waals surface area contributed by atoms with E-state index in [1.54, 1.807) is 7.11 Å². The average Bonchev–Trinajstić information content (AvgIpc) is 2.28. The fourth-order valence-corrected chi connectivity index (χ4v) is 1.66. The zero-order chi connectivity index (χ0) is 12.7. The summed E-state index contributed by atoms with van der Waals surface area (Å²) >= 11 is 0. The Bertz CT molecular complexity index is 366. The van der Waals surface area contributed by atoms with E-state index in [2.05, 4.69) is 5.32 Å². The predicted octanol–water partition coefficient (Wildman–Crippen LogP) is 0.627. The van der Waals surface area contributed by atoms with Gasteiger partial charge in [-0.1, -0.05) is 29.8 Å². The van der Waals surface area contributed by atoms with Gasteiger partial charge in [-0.3, -0.25) is 4.79 Å². The Morgan fingerprint density at radius 3 is 2.88 bits per heavy atom. The lowest BCUT2D eigenvalue weighted by Gasteiger charge is -2.15. The minimum Gasteiger partial charge on any atom is -0.383 e. The summed E-state index contributed by atoms with van der Waals surface area (Å²) < 4.78 is 4.97. The van der Waals surface area contributed by atoms with Crippen LogP contribution in [0.3, 0.4) is 0 Å². The van der Waals surface area contributed by atoms with E-state index in [0.717, 1.165) is 11.1 Å². The van der Waals surface area contributed by atoms with Gasteiger partial charge in [0.05, 0.1) is 19.1 Å². The molecule has 4 heteroatoms. The van der Waals surface area contributed by atoms with Crippen LogP contribution in [0.1, 0.15) is 11.1 Å². The average molecular weight is 236 g/mol. The summed E-state index contributed by atoms with van der Waals surface area (Å²) in [7, 11) is 1.59. The summed E-state index contributed by atoms with van der Waals surface area (Å²) in [6.07, 6.45) is 0.377. The maximum absolute atomic E-state index is 11.7. The fourth-order valence-electron chi connectivity index (χ4n) is 1.66. The van der Waals surface area contributed by atoms with Crippen LogP contribution in [0.15, 0.2) is 24.3 Å². The Morgan fingerprint density at radius 1 is 1.53 bits per heavy atom. The highest BCUT2D eigenvalue weighted by molar-refractivity contribution is 5.78. The Balaban J connectivity index is 2.49. The molecule has 0 aromatic heterocycles. The number of nitrogens with two attached hydrogens (primary N) is 1. The number of hydrogen-bond acceptors (Lipinski definition) is 3. The monoisotopic (exact) mass is 236 g/mol. The van der Waals surface area contributed by atoms with Crippen molar-refractivity contribution >= 4 is 5.91 Å². The molecular weight excluding hydrogens is 216 g/mol. The molecule has 17 heavy (non-hydrogen) atoms. The predicted molar refractivity (Wildman–Crippen MR) is 67.7 cm³/mol. The molecule has 0 spiro atoms. The first kappa shape index (κ1) is 13.7. The van der Waals surface area contributed by atoms with Crippen LogP contribution in [0, 0.1) is 6.92 Å². The molecule has 94 valence electrons. The highest BCUT2D eigenvalue weighted by Gasteiger charge is 2.10. The number of aryl methyl sites for hydroxylation is 1. The third-order valence-corrected chi connectivity index (χ3v) is 2.46. The van der Waals surface area contributed by atoms with Gasteiger partial charge >= 0.3 is 0 Å². The van der Waals surface area contributed by atoms with Gasteiger partial charge in [0.2, 0.25) is 5.91 Å². The fraction of sp³-hybridized carbons (Fsp3) is 0.462. The van der Waals surface area contributed by atoms with E-state index >= 15 is 0 Å². The number of ether oxygens (including phenoxy) is 1. The highest BCUT2D eigenvalue weighted by Crippen LogP contribution is 2.04. The first-order valence-electron chi connectivity index (χ1n) is 5.69. The molecule has 1 unspecified atom stereocenters. The van der Waals surface area contributed by atoms with Crippen LogP contribution < -0.4 is 11.1 Å². The molecule has 0 radical (unpaired) electrons. The quantitative estimate of drug-likeness (QED) is 0.761. The van der Waals surface area contributed by atoms with Gasteiger partial charge in [0.15, 0.2) is 0 Å². The summed E-state index contributed by atoms with van der Waals surface area (Å²) in [5.74, 6) is -0.0249. The van der Waals surface area contributed by atoms with E-state index < -0.39 is 0 Å². The molecule has 0 saturated heterocycles. The smallest absolute Gasteiger partial charge is 0.224 e. The van der Waals surface area contributed by atoms with Crippen molar-refractivity contribution in [1.82, 2.24) is 5.32 Å². The second kappa shape index (κ2) is 7.04. The molecule has 0 saturated carbocycles. The first-order valence-corrected chi connectivity index (χ1v) is 5.69. The Kier molecular flexibility index (Phi) is 5.66. The summed E-state index contributed by atoms with van der Waals surface area (Å²) in [4.78, 5) is 11.7. The lowest BCUT2D eigenvalue weighted by atomic mass is 10.1. The largest absolute Gasteiger partial charge is 0.383 e. The van der Waals surface area contributed by atoms with Gasteiger partial charge in [-0.05, 0) is 12.5 Å². The van der Waals surface area contributed by atoms with E-state index in [0.29, 0.717) is 19.6 Å². The number of carbonyl (C=O) groups is 1. The van der Waals surface area contributed by atoms with E-state index in [4.69, 9.17) is 10.5 Å². The summed E-state index contributed by atoms with van der Waals surface area (Å²) in [6.45, 7) is 2.83. The van der Waals surface area contributed by atoms with Gasteiger partial charge in [0.25, 0.3) is 0 Å². The minimum atomic E-state index is -0.114. The van der Waals surface area contributed by atoms with Crippen molar-refractivity contribution in [2.24, 2.45) is 5.73 Å². The number of amides is 1. The molecule has 0 aliphatic rings. The molecular formula is C13H20N2O2. The van der Waals surface area contributed by atoms with E-state index in [1.165, 1.54) is 0 Å². The number of methoxy groups -OCH3 is 1. The highest BCUT2D eigenvalue weighted by atomic mass is 16.5. The van der Waals surface area contributed by atoms with Gasteiger partial charge in [-0.2, -0.15) is 0 Å². The van der Waals surface area contributed by atoms with Crippen molar-refractivity contribution in [3.05, 3.63) is 35.4 Å². The van der Waals surface area contributed by atoms with Gasteiger partial charge in [-0.25, -0.2) is 0 Å². The maximum Gasteiger partial charge on any atom is 0.224 e. The van der Waals surface area contributed by atoms with Crippen molar-refractivity contribution in [2.75, 3.05) is 20.3 Å². The Labute approximate surface area is 102 Å². The van der Waals surface area contributed by atoms with Gasteiger partial charge in [0.1, 0.15) is 0 Å². The van der Waals surface area contributed by atoms with Gasteiger partial charge < -0.3 is 15.8 Å². The van der Waals surface area contributed by atoms with Crippen LogP contribution >= 0.6 is 0 Å². The third kappa shape index (κ3) is 4.97. The standard InChI is InChI=1S/C13H20N2O2/c1-10-4-3-5-11(6-10)7-13(16)15-12(8-14)9-17-2/h3-6,12H,7-9,14H2,1-2H3,(H,15,16). The topological polar surface area (TPSA) is 64.3 Å². The molecule has 1 atom stereocenters. The van der Waals surface area contributed by atoms with Crippen molar-refractivity contribution in [3.8, 4) is 0 Å². The molecule has 1 aromatic rings. The number of rotatable bonds is 6. The van der Waals surface area contributed by atoms with Crippen molar-refractivity contribution < 1.29 is 9.53 Å². The molecule has 1 rings (SSSR count). The van der Waals surface area contributed by atoms with Crippen molar-refractivity contribution in [3.63, 3.8) is 0 Å². The van der Waals surface area contributed by atoms with E-state index in [9.17, 15) is 4.79 Å². The van der Waals surface area contributed by atoms with Crippen LogP contribution in [0.2, 0.25) is 0 Å². The number of carbonyl (C=O) groups excluding carboxylic acids is 1.